The molecule has 1 aromatic heterocycles. The van der Waals surface area contributed by atoms with Gasteiger partial charge in [0.25, 0.3) is 0 Å². The van der Waals surface area contributed by atoms with Crippen LogP contribution in [0.4, 0.5) is 0 Å². The Morgan fingerprint density at radius 1 is 1.56 bits per heavy atom. The van der Waals surface area contributed by atoms with Crippen molar-refractivity contribution in [3.05, 3.63) is 22.8 Å². The molecule has 2 rings (SSSR count). The molecular weight excluding hydrogens is 228 g/mol. The molecule has 0 atom stereocenters. The van der Waals surface area contributed by atoms with Crippen LogP contribution in [0, 0.1) is 11.3 Å². The van der Waals surface area contributed by atoms with Crippen molar-refractivity contribution in [3.63, 3.8) is 0 Å². The molecule has 0 aliphatic rings. The Labute approximate surface area is 97.3 Å². The molecule has 0 spiro atoms. The minimum atomic E-state index is 0.408. The molecule has 16 heavy (non-hydrogen) atoms. The Bertz CT molecular complexity index is 557. The summed E-state index contributed by atoms with van der Waals surface area (Å²) in [7, 11) is 1.54. The number of hydrogen-bond acceptors (Lipinski definition) is 4. The van der Waals surface area contributed by atoms with Gasteiger partial charge in [-0.05, 0) is 6.07 Å². The lowest BCUT2D eigenvalue weighted by molar-refractivity contribution is 0.411. The Kier molecular flexibility index (Phi) is 2.97. The lowest BCUT2D eigenvalue weighted by Gasteiger charge is -2.01. The summed E-state index contributed by atoms with van der Waals surface area (Å²) < 4.78 is 10.2. The van der Waals surface area contributed by atoms with Crippen molar-refractivity contribution < 1.29 is 9.26 Å². The van der Waals surface area contributed by atoms with Gasteiger partial charge in [0.15, 0.2) is 5.58 Å². The maximum absolute atomic E-state index is 8.52. The van der Waals surface area contributed by atoms with E-state index in [0.717, 1.165) is 11.1 Å². The summed E-state index contributed by atoms with van der Waals surface area (Å²) >= 11 is 6.01. The molecule has 1 heterocycles. The van der Waals surface area contributed by atoms with E-state index in [9.17, 15) is 0 Å². The summed E-state index contributed by atoms with van der Waals surface area (Å²) in [6.07, 6.45) is 0.970. The van der Waals surface area contributed by atoms with E-state index in [1.54, 1.807) is 19.2 Å². The van der Waals surface area contributed by atoms with Crippen LogP contribution < -0.4 is 4.74 Å². The molecule has 4 nitrogen and oxygen atoms in total. The zero-order valence-corrected chi connectivity index (χ0v) is 9.41. The fourth-order valence-electron chi connectivity index (χ4n) is 1.50. The van der Waals surface area contributed by atoms with Crippen molar-refractivity contribution in [2.45, 2.75) is 12.8 Å². The van der Waals surface area contributed by atoms with E-state index >= 15 is 0 Å². The molecule has 0 saturated carbocycles. The smallest absolute Gasteiger partial charge is 0.170 e. The number of nitrogens with zero attached hydrogens (tertiary/aromatic N) is 2. The highest BCUT2D eigenvalue weighted by Crippen LogP contribution is 2.31. The monoisotopic (exact) mass is 236 g/mol. The Morgan fingerprint density at radius 2 is 2.38 bits per heavy atom. The van der Waals surface area contributed by atoms with Gasteiger partial charge in [-0.1, -0.05) is 16.8 Å². The van der Waals surface area contributed by atoms with Crippen molar-refractivity contribution in [1.29, 1.82) is 5.26 Å². The second-order valence-corrected chi connectivity index (χ2v) is 3.68. The van der Waals surface area contributed by atoms with E-state index in [1.807, 2.05) is 0 Å². The van der Waals surface area contributed by atoms with E-state index in [4.69, 9.17) is 26.1 Å². The number of ether oxygens (including phenoxy) is 1. The molecule has 0 fully saturated rings. The highest BCUT2D eigenvalue weighted by Gasteiger charge is 2.11. The fourth-order valence-corrected chi connectivity index (χ4v) is 1.74. The topological polar surface area (TPSA) is 59.1 Å². The largest absolute Gasteiger partial charge is 0.495 e. The van der Waals surface area contributed by atoms with Crippen molar-refractivity contribution in [2.75, 3.05) is 7.11 Å². The number of aryl methyl sites for hydroxylation is 1. The van der Waals surface area contributed by atoms with Gasteiger partial charge in [-0.2, -0.15) is 5.26 Å². The maximum Gasteiger partial charge on any atom is 0.170 e. The van der Waals surface area contributed by atoms with E-state index in [2.05, 4.69) is 11.2 Å². The van der Waals surface area contributed by atoms with Crippen LogP contribution in [-0.4, -0.2) is 12.3 Å². The van der Waals surface area contributed by atoms with Gasteiger partial charge in [-0.3, -0.25) is 0 Å². The van der Waals surface area contributed by atoms with Crippen LogP contribution in [-0.2, 0) is 6.42 Å². The van der Waals surface area contributed by atoms with E-state index in [-0.39, 0.29) is 0 Å². The predicted octanol–water partition coefficient (Wildman–Crippen LogP) is 2.95. The van der Waals surface area contributed by atoms with Crippen LogP contribution in [0.5, 0.6) is 5.75 Å². The first-order valence-corrected chi connectivity index (χ1v) is 5.13. The van der Waals surface area contributed by atoms with Crippen molar-refractivity contribution in [3.8, 4) is 11.8 Å². The number of benzene rings is 1. The summed E-state index contributed by atoms with van der Waals surface area (Å²) in [6, 6.07) is 5.51. The standard InChI is InChI=1S/C11H9ClN2O2/c1-15-11-6-10-7(5-8(11)12)9(14-16-10)3-2-4-13/h5-6H,2-3H2,1H3. The summed E-state index contributed by atoms with van der Waals surface area (Å²) in [6.45, 7) is 0. The highest BCUT2D eigenvalue weighted by molar-refractivity contribution is 6.32. The van der Waals surface area contributed by atoms with Gasteiger partial charge in [0, 0.05) is 24.3 Å². The zero-order valence-electron chi connectivity index (χ0n) is 8.66. The molecule has 2 aromatic rings. The van der Waals surface area contributed by atoms with Gasteiger partial charge in [-0.25, -0.2) is 0 Å². The molecule has 0 aliphatic heterocycles. The minimum absolute atomic E-state index is 0.408. The summed E-state index contributed by atoms with van der Waals surface area (Å²) in [5.74, 6) is 0.553. The van der Waals surface area contributed by atoms with Crippen LogP contribution in [0.15, 0.2) is 16.7 Å². The Hall–Kier alpha value is -1.73. The third kappa shape index (κ3) is 1.82. The predicted molar refractivity (Wildman–Crippen MR) is 59.5 cm³/mol. The second-order valence-electron chi connectivity index (χ2n) is 3.27. The quantitative estimate of drug-likeness (QED) is 0.822. The summed E-state index contributed by atoms with van der Waals surface area (Å²) in [5, 5.41) is 13.8. The van der Waals surface area contributed by atoms with Gasteiger partial charge in [-0.15, -0.1) is 0 Å². The van der Waals surface area contributed by atoms with Crippen molar-refractivity contribution in [1.82, 2.24) is 5.16 Å². The van der Waals surface area contributed by atoms with Crippen LogP contribution in [0.1, 0.15) is 12.1 Å². The molecular formula is C11H9ClN2O2. The third-order valence-corrected chi connectivity index (χ3v) is 2.59. The number of methoxy groups -OCH3 is 1. The molecule has 1 aromatic carbocycles. The number of aromatic nitrogens is 1. The number of fused-ring (bicyclic) bond motifs is 1. The lowest BCUT2D eigenvalue weighted by Crippen LogP contribution is -1.86. The molecule has 0 radical (unpaired) electrons. The Balaban J connectivity index is 2.48. The van der Waals surface area contributed by atoms with Crippen molar-refractivity contribution in [2.24, 2.45) is 0 Å². The van der Waals surface area contributed by atoms with Gasteiger partial charge in [0.05, 0.1) is 23.9 Å². The lowest BCUT2D eigenvalue weighted by atomic mass is 10.1. The van der Waals surface area contributed by atoms with Gasteiger partial charge in [0.1, 0.15) is 5.75 Å². The maximum atomic E-state index is 8.52. The molecule has 0 saturated heterocycles. The average Bonchev–Trinajstić information content (AvgIpc) is 2.67. The summed E-state index contributed by atoms with van der Waals surface area (Å²) in [4.78, 5) is 0. The van der Waals surface area contributed by atoms with Gasteiger partial charge < -0.3 is 9.26 Å². The third-order valence-electron chi connectivity index (χ3n) is 2.29. The van der Waals surface area contributed by atoms with E-state index in [1.165, 1.54) is 0 Å². The first-order chi connectivity index (χ1) is 7.76. The van der Waals surface area contributed by atoms with Gasteiger partial charge >= 0.3 is 0 Å². The number of rotatable bonds is 3. The zero-order chi connectivity index (χ0) is 11.5. The van der Waals surface area contributed by atoms with Crippen LogP contribution in [0.25, 0.3) is 11.0 Å². The fraction of sp³-hybridized carbons (Fsp3) is 0.273. The number of hydrogen-bond donors (Lipinski definition) is 0. The van der Waals surface area contributed by atoms with Crippen LogP contribution in [0.3, 0.4) is 0 Å². The van der Waals surface area contributed by atoms with Crippen LogP contribution >= 0.6 is 11.6 Å². The van der Waals surface area contributed by atoms with Crippen LogP contribution in [0.2, 0.25) is 5.02 Å². The normalized spacial score (nSPS) is 10.3. The Morgan fingerprint density at radius 3 is 3.06 bits per heavy atom. The number of nitriles is 1. The first-order valence-electron chi connectivity index (χ1n) is 4.75. The second kappa shape index (κ2) is 4.42. The molecule has 0 bridgehead atoms. The molecule has 5 heteroatoms. The first kappa shape index (κ1) is 10.8. The molecule has 0 amide bonds. The summed E-state index contributed by atoms with van der Waals surface area (Å²) in [5.41, 5.74) is 1.37. The molecule has 0 unspecified atom stereocenters. The molecule has 82 valence electrons. The van der Waals surface area contributed by atoms with Crippen molar-refractivity contribution >= 4 is 22.6 Å². The minimum Gasteiger partial charge on any atom is -0.495 e. The average molecular weight is 237 g/mol. The molecule has 0 aliphatic carbocycles. The van der Waals surface area contributed by atoms with E-state index < -0.39 is 0 Å². The van der Waals surface area contributed by atoms with Gasteiger partial charge in [0.2, 0.25) is 0 Å². The SMILES string of the molecule is COc1cc2onc(CCC#N)c2cc1Cl. The number of halogens is 1. The highest BCUT2D eigenvalue weighted by atomic mass is 35.5. The molecule has 0 N–H and O–H groups in total. The van der Waals surface area contributed by atoms with E-state index in [0.29, 0.717) is 29.2 Å².